The Morgan fingerprint density at radius 3 is 2.33 bits per heavy atom. The zero-order valence-corrected chi connectivity index (χ0v) is 12.0. The Balaban J connectivity index is 2.46. The molecule has 0 aliphatic heterocycles. The first-order valence-electron chi connectivity index (χ1n) is 7.04. The molecule has 0 bridgehead atoms. The third-order valence-corrected chi connectivity index (χ3v) is 4.05. The number of amides is 2. The monoisotopic (exact) mass is 254 g/mol. The number of hydrogen-bond donors (Lipinski definition) is 1. The number of rotatable bonds is 5. The van der Waals surface area contributed by atoms with Gasteiger partial charge in [-0.05, 0) is 33.1 Å². The van der Waals surface area contributed by atoms with E-state index < -0.39 is 6.04 Å². The van der Waals surface area contributed by atoms with E-state index in [4.69, 9.17) is 0 Å². The van der Waals surface area contributed by atoms with Gasteiger partial charge in [0.15, 0.2) is 0 Å². The standard InChI is InChI=1S/C14H26N2O2/c1-5-10(2)16(4)14(18)11(3)15-13(17)12-8-6-7-9-12/h10-12H,5-9H2,1-4H3,(H,15,17)/t10-,11-/m1/s1. The first-order valence-corrected chi connectivity index (χ1v) is 7.04. The van der Waals surface area contributed by atoms with E-state index in [1.54, 1.807) is 18.9 Å². The number of carbonyl (C=O) groups excluding carboxylic acids is 2. The van der Waals surface area contributed by atoms with Crippen LogP contribution in [0.15, 0.2) is 0 Å². The first kappa shape index (κ1) is 15.0. The minimum atomic E-state index is -0.419. The zero-order chi connectivity index (χ0) is 13.7. The maximum absolute atomic E-state index is 12.1. The smallest absolute Gasteiger partial charge is 0.244 e. The van der Waals surface area contributed by atoms with Crippen LogP contribution in [0.2, 0.25) is 0 Å². The maximum Gasteiger partial charge on any atom is 0.244 e. The summed E-state index contributed by atoms with van der Waals surface area (Å²) in [5.41, 5.74) is 0. The van der Waals surface area contributed by atoms with Crippen molar-refractivity contribution < 1.29 is 9.59 Å². The molecule has 0 unspecified atom stereocenters. The summed E-state index contributed by atoms with van der Waals surface area (Å²) >= 11 is 0. The second-order valence-corrected chi connectivity index (χ2v) is 5.42. The molecule has 0 heterocycles. The molecule has 0 radical (unpaired) electrons. The highest BCUT2D eigenvalue weighted by Crippen LogP contribution is 2.24. The lowest BCUT2D eigenvalue weighted by molar-refractivity contribution is -0.137. The van der Waals surface area contributed by atoms with Gasteiger partial charge in [0.2, 0.25) is 11.8 Å². The Hall–Kier alpha value is -1.06. The summed E-state index contributed by atoms with van der Waals surface area (Å²) in [5, 5.41) is 2.85. The number of nitrogens with zero attached hydrogens (tertiary/aromatic N) is 1. The second kappa shape index (κ2) is 6.76. The Bertz CT molecular complexity index is 298. The van der Waals surface area contributed by atoms with Crippen LogP contribution in [0.3, 0.4) is 0 Å². The van der Waals surface area contributed by atoms with E-state index in [1.807, 2.05) is 6.92 Å². The van der Waals surface area contributed by atoms with Gasteiger partial charge in [-0.2, -0.15) is 0 Å². The van der Waals surface area contributed by atoms with Gasteiger partial charge in [-0.1, -0.05) is 19.8 Å². The third kappa shape index (κ3) is 3.72. The zero-order valence-electron chi connectivity index (χ0n) is 12.0. The van der Waals surface area contributed by atoms with Crippen molar-refractivity contribution in [2.45, 2.75) is 65.0 Å². The summed E-state index contributed by atoms with van der Waals surface area (Å²) in [4.78, 5) is 25.8. The van der Waals surface area contributed by atoms with Gasteiger partial charge in [0, 0.05) is 19.0 Å². The predicted octanol–water partition coefficient (Wildman–Crippen LogP) is 1.94. The van der Waals surface area contributed by atoms with Gasteiger partial charge in [0.05, 0.1) is 0 Å². The summed E-state index contributed by atoms with van der Waals surface area (Å²) in [6, 6.07) is -0.208. The molecule has 1 fully saturated rings. The van der Waals surface area contributed by atoms with Crippen LogP contribution in [-0.4, -0.2) is 35.8 Å². The number of nitrogens with one attached hydrogen (secondary N) is 1. The predicted molar refractivity (Wildman–Crippen MR) is 72.1 cm³/mol. The van der Waals surface area contributed by atoms with Crippen molar-refractivity contribution in [3.63, 3.8) is 0 Å². The van der Waals surface area contributed by atoms with Crippen molar-refractivity contribution in [2.24, 2.45) is 5.92 Å². The molecule has 0 aromatic rings. The third-order valence-electron chi connectivity index (χ3n) is 4.05. The molecule has 4 nitrogen and oxygen atoms in total. The molecule has 104 valence electrons. The van der Waals surface area contributed by atoms with E-state index in [1.165, 1.54) is 0 Å². The molecule has 1 N–H and O–H groups in total. The quantitative estimate of drug-likeness (QED) is 0.815. The molecular weight excluding hydrogens is 228 g/mol. The highest BCUT2D eigenvalue weighted by atomic mass is 16.2. The molecular formula is C14H26N2O2. The van der Waals surface area contributed by atoms with Gasteiger partial charge >= 0.3 is 0 Å². The molecule has 1 aliphatic rings. The Morgan fingerprint density at radius 1 is 1.28 bits per heavy atom. The number of carbonyl (C=O) groups is 2. The van der Waals surface area contributed by atoms with E-state index in [2.05, 4.69) is 12.2 Å². The summed E-state index contributed by atoms with van der Waals surface area (Å²) in [6.07, 6.45) is 5.12. The van der Waals surface area contributed by atoms with Gasteiger partial charge in [-0.15, -0.1) is 0 Å². The lowest BCUT2D eigenvalue weighted by Crippen LogP contribution is -2.49. The topological polar surface area (TPSA) is 49.4 Å². The Labute approximate surface area is 110 Å². The van der Waals surface area contributed by atoms with Crippen LogP contribution >= 0.6 is 0 Å². The fourth-order valence-corrected chi connectivity index (χ4v) is 2.38. The lowest BCUT2D eigenvalue weighted by Gasteiger charge is -2.27. The SMILES string of the molecule is CC[C@@H](C)N(C)C(=O)[C@@H](C)NC(=O)C1CCCC1. The van der Waals surface area contributed by atoms with Gasteiger partial charge in [-0.25, -0.2) is 0 Å². The van der Waals surface area contributed by atoms with Crippen molar-refractivity contribution in [3.8, 4) is 0 Å². The average Bonchev–Trinajstić information content (AvgIpc) is 2.89. The largest absolute Gasteiger partial charge is 0.344 e. The van der Waals surface area contributed by atoms with Crippen LogP contribution in [0.25, 0.3) is 0 Å². The molecule has 1 rings (SSSR count). The van der Waals surface area contributed by atoms with Crippen molar-refractivity contribution >= 4 is 11.8 Å². The fourth-order valence-electron chi connectivity index (χ4n) is 2.38. The van der Waals surface area contributed by atoms with Crippen molar-refractivity contribution in [1.82, 2.24) is 10.2 Å². The minimum absolute atomic E-state index is 0.00398. The van der Waals surface area contributed by atoms with Crippen molar-refractivity contribution in [2.75, 3.05) is 7.05 Å². The van der Waals surface area contributed by atoms with E-state index in [0.29, 0.717) is 0 Å². The molecule has 0 aromatic heterocycles. The summed E-state index contributed by atoms with van der Waals surface area (Å²) in [7, 11) is 1.80. The van der Waals surface area contributed by atoms with Gasteiger partial charge in [0.1, 0.15) is 6.04 Å². The molecule has 4 heteroatoms. The normalized spacial score (nSPS) is 19.3. The van der Waals surface area contributed by atoms with Crippen LogP contribution in [0, 0.1) is 5.92 Å². The summed E-state index contributed by atoms with van der Waals surface area (Å²) < 4.78 is 0. The molecule has 0 spiro atoms. The lowest BCUT2D eigenvalue weighted by atomic mass is 10.1. The van der Waals surface area contributed by atoms with Crippen LogP contribution in [-0.2, 0) is 9.59 Å². The van der Waals surface area contributed by atoms with Crippen LogP contribution in [0.1, 0.15) is 52.9 Å². The molecule has 1 saturated carbocycles. The Morgan fingerprint density at radius 2 is 1.83 bits per heavy atom. The van der Waals surface area contributed by atoms with E-state index >= 15 is 0 Å². The average molecular weight is 254 g/mol. The molecule has 2 amide bonds. The second-order valence-electron chi connectivity index (χ2n) is 5.42. The molecule has 1 aliphatic carbocycles. The van der Waals surface area contributed by atoms with Gasteiger partial charge < -0.3 is 10.2 Å². The summed E-state index contributed by atoms with van der Waals surface area (Å²) in [5.74, 6) is 0.163. The first-order chi connectivity index (χ1) is 8.47. The number of likely N-dealkylation sites (N-methyl/N-ethyl adjacent to an activating group) is 1. The van der Waals surface area contributed by atoms with Crippen molar-refractivity contribution in [3.05, 3.63) is 0 Å². The van der Waals surface area contributed by atoms with Gasteiger partial charge in [-0.3, -0.25) is 9.59 Å². The van der Waals surface area contributed by atoms with Crippen LogP contribution in [0.5, 0.6) is 0 Å². The highest BCUT2D eigenvalue weighted by Gasteiger charge is 2.27. The van der Waals surface area contributed by atoms with Crippen LogP contribution in [0.4, 0.5) is 0 Å². The van der Waals surface area contributed by atoms with E-state index in [0.717, 1.165) is 32.1 Å². The van der Waals surface area contributed by atoms with Crippen molar-refractivity contribution in [1.29, 1.82) is 0 Å². The Kier molecular flexibility index (Phi) is 5.63. The van der Waals surface area contributed by atoms with Gasteiger partial charge in [0.25, 0.3) is 0 Å². The fraction of sp³-hybridized carbons (Fsp3) is 0.857. The van der Waals surface area contributed by atoms with Crippen LogP contribution < -0.4 is 5.32 Å². The van der Waals surface area contributed by atoms with E-state index in [-0.39, 0.29) is 23.8 Å². The molecule has 18 heavy (non-hydrogen) atoms. The minimum Gasteiger partial charge on any atom is -0.344 e. The highest BCUT2D eigenvalue weighted by molar-refractivity contribution is 5.88. The summed E-state index contributed by atoms with van der Waals surface area (Å²) in [6.45, 7) is 5.84. The molecule has 0 saturated heterocycles. The maximum atomic E-state index is 12.1. The van der Waals surface area contributed by atoms with E-state index in [9.17, 15) is 9.59 Å². The number of hydrogen-bond acceptors (Lipinski definition) is 2. The molecule has 2 atom stereocenters. The molecule has 0 aromatic carbocycles.